The van der Waals surface area contributed by atoms with Crippen LogP contribution in [0.4, 0.5) is 0 Å². The number of alkyl halides is 1. The van der Waals surface area contributed by atoms with Crippen molar-refractivity contribution >= 4 is 34.7 Å². The summed E-state index contributed by atoms with van der Waals surface area (Å²) >= 11 is 7.01. The van der Waals surface area contributed by atoms with Gasteiger partial charge in [0.2, 0.25) is 0 Å². The van der Waals surface area contributed by atoms with E-state index in [1.807, 2.05) is 0 Å². The Hall–Kier alpha value is -0.940. The summed E-state index contributed by atoms with van der Waals surface area (Å²) in [6.45, 7) is 5.26. The number of rotatable bonds is 5. The molecule has 0 saturated carbocycles. The Bertz CT molecular complexity index is 417. The van der Waals surface area contributed by atoms with Crippen LogP contribution in [-0.2, 0) is 14.3 Å². The molecule has 1 heterocycles. The Morgan fingerprint density at radius 3 is 2.65 bits per heavy atom. The lowest BCUT2D eigenvalue weighted by Gasteiger charge is -2.13. The van der Waals surface area contributed by atoms with Gasteiger partial charge in [-0.15, -0.1) is 22.9 Å². The van der Waals surface area contributed by atoms with E-state index in [1.165, 1.54) is 18.3 Å². The van der Waals surface area contributed by atoms with Crippen LogP contribution in [0.15, 0.2) is 5.38 Å². The van der Waals surface area contributed by atoms with Crippen molar-refractivity contribution in [3.8, 4) is 0 Å². The zero-order valence-corrected chi connectivity index (χ0v) is 11.5. The van der Waals surface area contributed by atoms with Crippen LogP contribution in [0.2, 0.25) is 0 Å². The molecule has 0 bridgehead atoms. The maximum absolute atomic E-state index is 11.9. The van der Waals surface area contributed by atoms with Gasteiger partial charge in [-0.3, -0.25) is 9.59 Å². The van der Waals surface area contributed by atoms with E-state index in [2.05, 4.69) is 4.98 Å². The number of hydrogen-bond donors (Lipinski definition) is 0. The molecule has 1 aromatic rings. The van der Waals surface area contributed by atoms with Crippen molar-refractivity contribution in [1.82, 2.24) is 4.98 Å². The lowest BCUT2D eigenvalue weighted by Crippen LogP contribution is -2.28. The summed E-state index contributed by atoms with van der Waals surface area (Å²) < 4.78 is 4.89. The van der Waals surface area contributed by atoms with Crippen LogP contribution >= 0.6 is 22.9 Å². The van der Waals surface area contributed by atoms with Gasteiger partial charge < -0.3 is 4.74 Å². The third kappa shape index (κ3) is 3.51. The molecule has 1 aromatic heterocycles. The first-order chi connectivity index (χ1) is 7.97. The van der Waals surface area contributed by atoms with Crippen molar-refractivity contribution in [1.29, 1.82) is 0 Å². The third-order valence-corrected chi connectivity index (χ3v) is 3.33. The average Bonchev–Trinajstić information content (AvgIpc) is 2.65. The molecule has 0 aliphatic heterocycles. The van der Waals surface area contributed by atoms with Crippen molar-refractivity contribution in [2.75, 3.05) is 6.61 Å². The number of Topliss-reactive ketones (excluding diaryl/α,β-unsaturated/α-hetero) is 1. The monoisotopic (exact) mass is 275 g/mol. The van der Waals surface area contributed by atoms with E-state index in [-0.39, 0.29) is 12.4 Å². The van der Waals surface area contributed by atoms with Crippen molar-refractivity contribution in [3.05, 3.63) is 16.1 Å². The first-order valence-electron chi connectivity index (χ1n) is 5.23. The number of carbonyl (C=O) groups excluding carboxylic acids is 2. The van der Waals surface area contributed by atoms with Gasteiger partial charge in [-0.25, -0.2) is 4.98 Å². The van der Waals surface area contributed by atoms with Crippen LogP contribution in [0.3, 0.4) is 0 Å². The number of halogens is 1. The van der Waals surface area contributed by atoms with Gasteiger partial charge in [0.15, 0.2) is 11.7 Å². The smallest absolute Gasteiger partial charge is 0.323 e. The van der Waals surface area contributed by atoms with Crippen molar-refractivity contribution in [3.63, 3.8) is 0 Å². The molecule has 0 fully saturated rings. The molecule has 1 rings (SSSR count). The second-order valence-electron chi connectivity index (χ2n) is 3.53. The van der Waals surface area contributed by atoms with Crippen molar-refractivity contribution in [2.45, 2.75) is 32.1 Å². The van der Waals surface area contributed by atoms with Gasteiger partial charge in [-0.1, -0.05) is 0 Å². The Morgan fingerprint density at radius 1 is 1.59 bits per heavy atom. The second-order valence-corrected chi connectivity index (χ2v) is 5.07. The minimum atomic E-state index is -0.999. The van der Waals surface area contributed by atoms with Gasteiger partial charge in [-0.05, 0) is 20.8 Å². The molecule has 0 aliphatic rings. The van der Waals surface area contributed by atoms with E-state index in [0.717, 1.165) is 5.69 Å². The zero-order valence-electron chi connectivity index (χ0n) is 9.90. The molecule has 0 spiro atoms. The fourth-order valence-corrected chi connectivity index (χ4v) is 2.31. The topological polar surface area (TPSA) is 56.3 Å². The van der Waals surface area contributed by atoms with E-state index in [0.29, 0.717) is 5.01 Å². The summed E-state index contributed by atoms with van der Waals surface area (Å²) in [6, 6.07) is 0. The lowest BCUT2D eigenvalue weighted by molar-refractivity contribution is -0.147. The number of ether oxygens (including phenoxy) is 1. The number of aromatic nitrogens is 1. The predicted octanol–water partition coefficient (Wildman–Crippen LogP) is 2.29. The van der Waals surface area contributed by atoms with E-state index in [4.69, 9.17) is 16.3 Å². The number of carbonyl (C=O) groups is 2. The molecule has 0 aliphatic carbocycles. The molecular weight excluding hydrogens is 262 g/mol. The molecule has 0 radical (unpaired) electrons. The first-order valence-corrected chi connectivity index (χ1v) is 6.55. The number of nitrogens with zero attached hydrogens (tertiary/aromatic N) is 1. The SMILES string of the molecule is CCOC(=O)[C@@H](C(=O)[C@@H](C)Cl)c1nc(C)cs1. The molecular formula is C11H14ClNO3S. The van der Waals surface area contributed by atoms with Gasteiger partial charge in [0.05, 0.1) is 12.0 Å². The highest BCUT2D eigenvalue weighted by molar-refractivity contribution is 7.10. The van der Waals surface area contributed by atoms with Gasteiger partial charge in [0.1, 0.15) is 5.01 Å². The number of esters is 1. The summed E-state index contributed by atoms with van der Waals surface area (Å²) in [6.07, 6.45) is 0. The highest BCUT2D eigenvalue weighted by Gasteiger charge is 2.34. The van der Waals surface area contributed by atoms with E-state index in [9.17, 15) is 9.59 Å². The third-order valence-electron chi connectivity index (χ3n) is 2.08. The van der Waals surface area contributed by atoms with Gasteiger partial charge in [-0.2, -0.15) is 0 Å². The Morgan fingerprint density at radius 2 is 2.24 bits per heavy atom. The van der Waals surface area contributed by atoms with Crippen LogP contribution < -0.4 is 0 Å². The number of aryl methyl sites for hydroxylation is 1. The largest absolute Gasteiger partial charge is 0.465 e. The quantitative estimate of drug-likeness (QED) is 0.470. The Balaban J connectivity index is 3.02. The van der Waals surface area contributed by atoms with Crippen molar-refractivity contribution in [2.24, 2.45) is 0 Å². The summed E-state index contributed by atoms with van der Waals surface area (Å²) in [5.74, 6) is -1.96. The fraction of sp³-hybridized carbons (Fsp3) is 0.545. The highest BCUT2D eigenvalue weighted by Crippen LogP contribution is 2.25. The van der Waals surface area contributed by atoms with Crippen LogP contribution in [-0.4, -0.2) is 28.7 Å². The van der Waals surface area contributed by atoms with E-state index < -0.39 is 17.3 Å². The zero-order chi connectivity index (χ0) is 13.0. The molecule has 17 heavy (non-hydrogen) atoms. The van der Waals surface area contributed by atoms with Crippen LogP contribution in [0, 0.1) is 6.92 Å². The van der Waals surface area contributed by atoms with Crippen LogP contribution in [0.5, 0.6) is 0 Å². The molecule has 94 valence electrons. The standard InChI is InChI=1S/C11H14ClNO3S/c1-4-16-11(15)8(9(14)7(3)12)10-13-6(2)5-17-10/h5,7-8H,4H2,1-3H3/t7-,8+/m1/s1. The van der Waals surface area contributed by atoms with E-state index in [1.54, 1.807) is 19.2 Å². The molecule has 4 nitrogen and oxygen atoms in total. The number of ketones is 1. The van der Waals surface area contributed by atoms with Gasteiger partial charge >= 0.3 is 5.97 Å². The molecule has 0 unspecified atom stereocenters. The molecule has 2 atom stereocenters. The maximum atomic E-state index is 11.9. The molecule has 0 N–H and O–H groups in total. The summed E-state index contributed by atoms with van der Waals surface area (Å²) in [7, 11) is 0. The Labute approximate surface area is 109 Å². The van der Waals surface area contributed by atoms with E-state index >= 15 is 0 Å². The molecule has 0 aromatic carbocycles. The van der Waals surface area contributed by atoms with Gasteiger partial charge in [0.25, 0.3) is 0 Å². The van der Waals surface area contributed by atoms with Gasteiger partial charge in [0, 0.05) is 11.1 Å². The van der Waals surface area contributed by atoms with Crippen molar-refractivity contribution < 1.29 is 14.3 Å². The predicted molar refractivity (Wildman–Crippen MR) is 66.5 cm³/mol. The first kappa shape index (κ1) is 14.1. The molecule has 0 saturated heterocycles. The summed E-state index contributed by atoms with van der Waals surface area (Å²) in [5.41, 5.74) is 0.773. The van der Waals surface area contributed by atoms with Crippen LogP contribution in [0.1, 0.15) is 30.5 Å². The maximum Gasteiger partial charge on any atom is 0.323 e. The number of hydrogen-bond acceptors (Lipinski definition) is 5. The summed E-state index contributed by atoms with van der Waals surface area (Å²) in [5, 5.41) is 1.49. The molecule has 0 amide bonds. The normalized spacial score (nSPS) is 14.1. The average molecular weight is 276 g/mol. The lowest BCUT2D eigenvalue weighted by atomic mass is 10.0. The minimum absolute atomic E-state index is 0.226. The minimum Gasteiger partial charge on any atom is -0.465 e. The second kappa shape index (κ2) is 6.12. The number of thiazole rings is 1. The van der Waals surface area contributed by atoms with Crippen LogP contribution in [0.25, 0.3) is 0 Å². The Kier molecular flexibility index (Phi) is 5.08. The molecule has 6 heteroatoms. The fourth-order valence-electron chi connectivity index (χ4n) is 1.30. The highest BCUT2D eigenvalue weighted by atomic mass is 35.5. The summed E-state index contributed by atoms with van der Waals surface area (Å²) in [4.78, 5) is 27.8.